The van der Waals surface area contributed by atoms with Crippen LogP contribution in [0.3, 0.4) is 0 Å². The molecular formula is C46H69N7O10S. The van der Waals surface area contributed by atoms with E-state index in [1.807, 2.05) is 90.5 Å². The van der Waals surface area contributed by atoms with Crippen LogP contribution in [-0.2, 0) is 50.8 Å². The molecule has 0 aliphatic carbocycles. The summed E-state index contributed by atoms with van der Waals surface area (Å²) in [5.41, 5.74) is 6.26. The average molecular weight is 912 g/mol. The number of carboxylic acids is 2. The van der Waals surface area contributed by atoms with E-state index < -0.39 is 70.0 Å². The molecule has 2 aromatic rings. The monoisotopic (exact) mass is 911 g/mol. The molecule has 0 saturated carbocycles. The van der Waals surface area contributed by atoms with E-state index in [4.69, 9.17) is 10.8 Å². The highest BCUT2D eigenvalue weighted by molar-refractivity contribution is 8.00. The normalized spacial score (nSPS) is 17.2. The van der Waals surface area contributed by atoms with Gasteiger partial charge in [0.1, 0.15) is 23.9 Å². The van der Waals surface area contributed by atoms with E-state index in [1.54, 1.807) is 20.2 Å². The van der Waals surface area contributed by atoms with Gasteiger partial charge in [0.15, 0.2) is 0 Å². The fourth-order valence-corrected chi connectivity index (χ4v) is 9.11. The van der Waals surface area contributed by atoms with Gasteiger partial charge in [-0.2, -0.15) is 0 Å². The molecule has 3 rings (SSSR count). The lowest BCUT2D eigenvalue weighted by molar-refractivity contribution is -0.141. The number of Topliss-reactive ketones (excluding diaryl/α,β-unsaturated/α-hetero) is 1. The van der Waals surface area contributed by atoms with E-state index >= 15 is 0 Å². The van der Waals surface area contributed by atoms with Gasteiger partial charge in [0.2, 0.25) is 29.5 Å². The number of aliphatic carboxylic acids is 2. The van der Waals surface area contributed by atoms with Gasteiger partial charge in [-0.25, -0.2) is 4.79 Å². The summed E-state index contributed by atoms with van der Waals surface area (Å²) < 4.78 is 2.03. The van der Waals surface area contributed by atoms with Crippen molar-refractivity contribution in [2.45, 2.75) is 135 Å². The van der Waals surface area contributed by atoms with E-state index in [2.05, 4.69) is 16.0 Å². The molecular weight excluding hydrogens is 843 g/mol. The Hall–Kier alpha value is -5.07. The number of likely N-dealkylation sites (tertiary alicyclic amines) is 1. The molecule has 6 atom stereocenters. The first-order valence-electron chi connectivity index (χ1n) is 21.7. The lowest BCUT2D eigenvalue weighted by Crippen LogP contribution is -2.61. The third kappa shape index (κ3) is 13.5. The molecule has 1 unspecified atom stereocenters. The van der Waals surface area contributed by atoms with Crippen molar-refractivity contribution < 1.29 is 48.6 Å². The van der Waals surface area contributed by atoms with Crippen molar-refractivity contribution in [1.82, 2.24) is 30.3 Å². The van der Waals surface area contributed by atoms with Gasteiger partial charge in [0.05, 0.1) is 17.3 Å². The van der Waals surface area contributed by atoms with Crippen LogP contribution < -0.4 is 21.7 Å². The van der Waals surface area contributed by atoms with Crippen molar-refractivity contribution in [2.24, 2.45) is 24.1 Å². The van der Waals surface area contributed by atoms with Crippen LogP contribution in [0.1, 0.15) is 99.5 Å². The lowest BCUT2D eigenvalue weighted by atomic mass is 9.76. The number of aromatic nitrogens is 1. The van der Waals surface area contributed by atoms with Crippen molar-refractivity contribution in [3.8, 4) is 0 Å². The zero-order valence-corrected chi connectivity index (χ0v) is 40.0. The van der Waals surface area contributed by atoms with Gasteiger partial charge in [0, 0.05) is 73.7 Å². The van der Waals surface area contributed by atoms with Crippen molar-refractivity contribution in [3.05, 3.63) is 47.7 Å². The van der Waals surface area contributed by atoms with Gasteiger partial charge >= 0.3 is 11.9 Å². The molecule has 1 saturated heterocycles. The molecule has 0 bridgehead atoms. The number of hydrogen-bond donors (Lipinski definition) is 6. The largest absolute Gasteiger partial charge is 0.480 e. The topological polar surface area (TPSA) is 251 Å². The molecule has 0 spiro atoms. The number of para-hydroxylation sites is 1. The number of carboxylic acid groups (broad SMARTS) is 2. The van der Waals surface area contributed by atoms with E-state index in [-0.39, 0.29) is 73.0 Å². The summed E-state index contributed by atoms with van der Waals surface area (Å²) in [6.07, 6.45) is 4.02. The second kappa shape index (κ2) is 22.7. The Morgan fingerprint density at radius 1 is 0.969 bits per heavy atom. The molecule has 2 heterocycles. The molecule has 1 fully saturated rings. The highest BCUT2D eigenvalue weighted by atomic mass is 32.2. The summed E-state index contributed by atoms with van der Waals surface area (Å²) in [7, 11) is 5.29. The Bertz CT molecular complexity index is 2090. The number of carbonyl (C=O) groups is 8. The van der Waals surface area contributed by atoms with Gasteiger partial charge < -0.3 is 41.4 Å². The Morgan fingerprint density at radius 3 is 2.19 bits per heavy atom. The highest BCUT2D eigenvalue weighted by Crippen LogP contribution is 2.35. The number of benzene rings is 1. The lowest BCUT2D eigenvalue weighted by Gasteiger charge is -2.39. The summed E-state index contributed by atoms with van der Waals surface area (Å²) >= 11 is 1.02. The number of rotatable bonds is 24. The number of nitrogens with one attached hydrogen (secondary N) is 3. The number of likely N-dealkylation sites (N-methyl/N-ethyl adjacent to an activating group) is 2. The van der Waals surface area contributed by atoms with Crippen LogP contribution in [0, 0.1) is 11.3 Å². The molecule has 17 nitrogen and oxygen atoms in total. The summed E-state index contributed by atoms with van der Waals surface area (Å²) in [5.74, 6) is -5.19. The van der Waals surface area contributed by atoms with Crippen LogP contribution in [0.5, 0.6) is 0 Å². The van der Waals surface area contributed by atoms with Crippen LogP contribution >= 0.6 is 11.8 Å². The summed E-state index contributed by atoms with van der Waals surface area (Å²) in [5, 5.41) is 28.0. The second-order valence-corrected chi connectivity index (χ2v) is 19.9. The van der Waals surface area contributed by atoms with Crippen molar-refractivity contribution in [1.29, 1.82) is 0 Å². The van der Waals surface area contributed by atoms with Gasteiger partial charge in [-0.15, -0.1) is 11.8 Å². The van der Waals surface area contributed by atoms with Crippen LogP contribution in [0.2, 0.25) is 0 Å². The molecule has 7 N–H and O–H groups in total. The highest BCUT2D eigenvalue weighted by Gasteiger charge is 2.43. The number of aryl methyl sites for hydroxylation is 1. The number of unbranched alkanes of at least 4 members (excludes halogenated alkanes) is 1. The first-order valence-corrected chi connectivity index (χ1v) is 22.8. The molecule has 1 aromatic carbocycles. The maximum atomic E-state index is 14.4. The molecule has 1 aliphatic heterocycles. The molecule has 5 amide bonds. The number of nitrogens with zero attached hydrogens (tertiary/aromatic N) is 3. The van der Waals surface area contributed by atoms with Crippen LogP contribution in [-0.4, -0.2) is 134 Å². The standard InChI is InChI=1S/C46H69N7O10S/c1-26(2)34(52(11)42(59)38(45(4,5)6)50-40(57)37(48-9)46(7,8)30-24-51(10)33-18-13-12-17-29(30)33)22-27(3)39(56)49-32(44(62)63)20-19-28(54)16-14-15-21-53-36(55)23-35(41(53)58)64-25-31(47)43(60)61/h12-13,17-18,22,24,26,31-32,34-35,37-38,48H,14-16,19-21,23,25,47H2,1-11H3,(H,49,56)(H,50,57)(H,60,61)(H,62,63)/b27-22+/t31-,32+,34+,35?,37+,38+/m0/s1. The number of carbonyl (C=O) groups excluding carboxylic acids is 6. The Kier molecular flexibility index (Phi) is 18.9. The third-order valence-corrected chi connectivity index (χ3v) is 13.2. The van der Waals surface area contributed by atoms with E-state index in [9.17, 15) is 43.5 Å². The first kappa shape index (κ1) is 53.3. The molecule has 1 aliphatic rings. The molecule has 0 radical (unpaired) electrons. The van der Waals surface area contributed by atoms with Crippen LogP contribution in [0.25, 0.3) is 10.9 Å². The number of hydrogen-bond acceptors (Lipinski definition) is 11. The average Bonchev–Trinajstić information content (AvgIpc) is 3.70. The molecule has 64 heavy (non-hydrogen) atoms. The third-order valence-electron chi connectivity index (χ3n) is 11.9. The Balaban J connectivity index is 1.62. The van der Waals surface area contributed by atoms with Crippen LogP contribution in [0.15, 0.2) is 42.1 Å². The van der Waals surface area contributed by atoms with Crippen LogP contribution in [0.4, 0.5) is 0 Å². The van der Waals surface area contributed by atoms with E-state index in [0.29, 0.717) is 12.8 Å². The predicted molar refractivity (Wildman–Crippen MR) is 246 cm³/mol. The van der Waals surface area contributed by atoms with Gasteiger partial charge in [-0.3, -0.25) is 38.5 Å². The summed E-state index contributed by atoms with van der Waals surface area (Å²) in [6.45, 7) is 15.0. The minimum Gasteiger partial charge on any atom is -0.480 e. The first-order chi connectivity index (χ1) is 29.7. The summed E-state index contributed by atoms with van der Waals surface area (Å²) in [6, 6.07) is 3.15. The zero-order valence-electron chi connectivity index (χ0n) is 39.2. The zero-order chi connectivity index (χ0) is 48.4. The SMILES string of the molecule is CN[C@H](C(=O)N[C@H](C(=O)N(C)[C@H](/C=C(\C)C(=O)N[C@H](CCC(=O)CCCCN1C(=O)CC(SC[C@H](N)C(=O)O)C1=O)C(=O)O)C(C)C)C(C)(C)C)C(C)(C)c1cn(C)c2ccccc12. The molecule has 18 heteroatoms. The summed E-state index contributed by atoms with van der Waals surface area (Å²) in [4.78, 5) is 106. The molecule has 354 valence electrons. The maximum absolute atomic E-state index is 14.4. The maximum Gasteiger partial charge on any atom is 0.326 e. The Labute approximate surface area is 380 Å². The number of thioether (sulfide) groups is 1. The number of amides is 5. The quantitative estimate of drug-likeness (QED) is 0.0503. The van der Waals surface area contributed by atoms with E-state index in [1.165, 1.54) is 11.8 Å². The molecule has 1 aromatic heterocycles. The Morgan fingerprint density at radius 2 is 1.61 bits per heavy atom. The van der Waals surface area contributed by atoms with Crippen molar-refractivity contribution >= 4 is 69.9 Å². The van der Waals surface area contributed by atoms with Gasteiger partial charge in [-0.05, 0) is 56.2 Å². The second-order valence-electron chi connectivity index (χ2n) is 18.7. The van der Waals surface area contributed by atoms with E-state index in [0.717, 1.165) is 33.1 Å². The minimum atomic E-state index is -1.38. The fraction of sp³-hybridized carbons (Fsp3) is 0.609. The number of fused-ring (bicyclic) bond motifs is 1. The van der Waals surface area contributed by atoms with Crippen molar-refractivity contribution in [2.75, 3.05) is 26.4 Å². The fourth-order valence-electron chi connectivity index (χ4n) is 8.00. The van der Waals surface area contributed by atoms with Gasteiger partial charge in [0.25, 0.3) is 0 Å². The number of ketones is 1. The van der Waals surface area contributed by atoms with Gasteiger partial charge in [-0.1, -0.05) is 72.7 Å². The number of nitrogens with two attached hydrogens (primary N) is 1. The number of imide groups is 1. The predicted octanol–water partition coefficient (Wildman–Crippen LogP) is 3.37. The smallest absolute Gasteiger partial charge is 0.326 e. The minimum absolute atomic E-state index is 0.0162. The van der Waals surface area contributed by atoms with Crippen molar-refractivity contribution in [3.63, 3.8) is 0 Å².